The molecule has 0 saturated carbocycles. The Morgan fingerprint density at radius 2 is 1.97 bits per heavy atom. The first kappa shape index (κ1) is 23.3. The SMILES string of the molecule is Cc1cccc(CNC(=O)[C@]2(C)Cn3nc(-c4cccs4)cc3C(=O)N2Cc2ccccc2Cl)c1. The average Bonchev–Trinajstić information content (AvgIpc) is 3.51. The van der Waals surface area contributed by atoms with Crippen LogP contribution in [0.2, 0.25) is 5.02 Å². The number of amides is 2. The summed E-state index contributed by atoms with van der Waals surface area (Å²) in [6.45, 7) is 4.64. The highest BCUT2D eigenvalue weighted by atomic mass is 35.5. The Bertz CT molecular complexity index is 1400. The second-order valence-electron chi connectivity index (χ2n) is 8.98. The minimum absolute atomic E-state index is 0.215. The molecule has 0 aliphatic carbocycles. The van der Waals surface area contributed by atoms with Crippen molar-refractivity contribution in [1.82, 2.24) is 20.0 Å². The summed E-state index contributed by atoms with van der Waals surface area (Å²) in [7, 11) is 0. The van der Waals surface area contributed by atoms with Crippen molar-refractivity contribution in [1.29, 1.82) is 0 Å². The molecule has 1 aliphatic heterocycles. The predicted octanol–water partition coefficient (Wildman–Crippen LogP) is 5.30. The minimum atomic E-state index is -1.16. The van der Waals surface area contributed by atoms with Gasteiger partial charge in [0.1, 0.15) is 16.9 Å². The molecule has 0 radical (unpaired) electrons. The van der Waals surface area contributed by atoms with Crippen molar-refractivity contribution in [2.24, 2.45) is 0 Å². The third kappa shape index (κ3) is 4.49. The van der Waals surface area contributed by atoms with Gasteiger partial charge in [0.2, 0.25) is 5.91 Å². The van der Waals surface area contributed by atoms with Crippen molar-refractivity contribution < 1.29 is 9.59 Å². The maximum atomic E-state index is 13.8. The van der Waals surface area contributed by atoms with Gasteiger partial charge in [0.05, 0.1) is 11.4 Å². The van der Waals surface area contributed by atoms with E-state index in [9.17, 15) is 9.59 Å². The molecule has 1 N–H and O–H groups in total. The van der Waals surface area contributed by atoms with E-state index in [0.717, 1.165) is 27.3 Å². The summed E-state index contributed by atoms with van der Waals surface area (Å²) in [6.07, 6.45) is 0. The summed E-state index contributed by atoms with van der Waals surface area (Å²) < 4.78 is 1.66. The number of benzene rings is 2. The quantitative estimate of drug-likeness (QED) is 0.387. The second-order valence-corrected chi connectivity index (χ2v) is 10.3. The summed E-state index contributed by atoms with van der Waals surface area (Å²) in [5.74, 6) is -0.488. The zero-order chi connectivity index (χ0) is 24.6. The molecule has 0 fully saturated rings. The van der Waals surface area contributed by atoms with E-state index in [2.05, 4.69) is 10.4 Å². The van der Waals surface area contributed by atoms with Gasteiger partial charge in [0.15, 0.2) is 0 Å². The van der Waals surface area contributed by atoms with Crippen LogP contribution in [0.25, 0.3) is 10.6 Å². The topological polar surface area (TPSA) is 67.2 Å². The lowest BCUT2D eigenvalue weighted by Gasteiger charge is -2.43. The van der Waals surface area contributed by atoms with Crippen LogP contribution in [0, 0.1) is 6.92 Å². The Morgan fingerprint density at radius 3 is 2.71 bits per heavy atom. The van der Waals surface area contributed by atoms with Crippen LogP contribution < -0.4 is 5.32 Å². The van der Waals surface area contributed by atoms with Gasteiger partial charge in [0.25, 0.3) is 5.91 Å². The Hall–Kier alpha value is -3.42. The number of aryl methyl sites for hydroxylation is 1. The zero-order valence-electron chi connectivity index (χ0n) is 19.5. The van der Waals surface area contributed by atoms with Crippen molar-refractivity contribution >= 4 is 34.8 Å². The van der Waals surface area contributed by atoms with Gasteiger partial charge in [0, 0.05) is 18.1 Å². The van der Waals surface area contributed by atoms with Crippen LogP contribution in [0.15, 0.2) is 72.1 Å². The fourth-order valence-electron chi connectivity index (χ4n) is 4.43. The number of nitrogens with one attached hydrogen (secondary N) is 1. The number of carbonyl (C=O) groups excluding carboxylic acids is 2. The van der Waals surface area contributed by atoms with Crippen LogP contribution in [-0.2, 0) is 24.4 Å². The number of aromatic nitrogens is 2. The lowest BCUT2D eigenvalue weighted by atomic mass is 9.94. The molecular weight excluding hydrogens is 480 g/mol. The maximum absolute atomic E-state index is 13.8. The fourth-order valence-corrected chi connectivity index (χ4v) is 5.30. The molecule has 6 nitrogen and oxygen atoms in total. The van der Waals surface area contributed by atoms with Crippen molar-refractivity contribution in [2.75, 3.05) is 0 Å². The van der Waals surface area contributed by atoms with Crippen molar-refractivity contribution in [3.63, 3.8) is 0 Å². The zero-order valence-corrected chi connectivity index (χ0v) is 21.1. The molecule has 3 heterocycles. The van der Waals surface area contributed by atoms with Crippen molar-refractivity contribution in [3.05, 3.63) is 99.5 Å². The van der Waals surface area contributed by atoms with E-state index in [0.29, 0.717) is 17.3 Å². The Balaban J connectivity index is 1.50. The Labute approximate surface area is 213 Å². The Morgan fingerprint density at radius 1 is 1.14 bits per heavy atom. The highest BCUT2D eigenvalue weighted by Gasteiger charge is 2.48. The van der Waals surface area contributed by atoms with Crippen molar-refractivity contribution in [3.8, 4) is 10.6 Å². The molecule has 35 heavy (non-hydrogen) atoms. The van der Waals surface area contributed by atoms with Crippen LogP contribution >= 0.6 is 22.9 Å². The number of thiophene rings is 1. The highest BCUT2D eigenvalue weighted by molar-refractivity contribution is 7.13. The number of halogens is 1. The molecule has 1 aliphatic rings. The molecular formula is C27H25ClN4O2S. The first-order chi connectivity index (χ1) is 16.8. The summed E-state index contributed by atoms with van der Waals surface area (Å²) in [6, 6.07) is 21.1. The van der Waals surface area contributed by atoms with Crippen molar-refractivity contribution in [2.45, 2.75) is 39.0 Å². The second kappa shape index (κ2) is 9.32. The van der Waals surface area contributed by atoms with Gasteiger partial charge in [-0.1, -0.05) is 65.7 Å². The molecule has 4 aromatic rings. The lowest BCUT2D eigenvalue weighted by molar-refractivity contribution is -0.133. The minimum Gasteiger partial charge on any atom is -0.350 e. The van der Waals surface area contributed by atoms with Gasteiger partial charge in [-0.3, -0.25) is 14.3 Å². The maximum Gasteiger partial charge on any atom is 0.273 e. The number of hydrogen-bond acceptors (Lipinski definition) is 4. The molecule has 1 atom stereocenters. The monoisotopic (exact) mass is 504 g/mol. The van der Waals surface area contributed by atoms with Crippen LogP contribution in [0.4, 0.5) is 0 Å². The largest absolute Gasteiger partial charge is 0.350 e. The van der Waals surface area contributed by atoms with Gasteiger partial charge in [-0.05, 0) is 48.6 Å². The molecule has 0 bridgehead atoms. The third-order valence-electron chi connectivity index (χ3n) is 6.38. The van der Waals surface area contributed by atoms with E-state index in [-0.39, 0.29) is 24.9 Å². The third-order valence-corrected chi connectivity index (χ3v) is 7.64. The van der Waals surface area contributed by atoms with E-state index in [1.807, 2.05) is 66.9 Å². The van der Waals surface area contributed by atoms with Gasteiger partial charge < -0.3 is 10.2 Å². The number of nitrogens with zero attached hydrogens (tertiary/aromatic N) is 3. The molecule has 2 aromatic carbocycles. The lowest BCUT2D eigenvalue weighted by Crippen LogP contribution is -2.63. The van der Waals surface area contributed by atoms with Gasteiger partial charge in [-0.25, -0.2) is 0 Å². The number of hydrogen-bond donors (Lipinski definition) is 1. The van der Waals surface area contributed by atoms with Gasteiger partial charge >= 0.3 is 0 Å². The summed E-state index contributed by atoms with van der Waals surface area (Å²) in [4.78, 5) is 30.1. The fraction of sp³-hybridized carbons (Fsp3) is 0.222. The van der Waals surface area contributed by atoms with Crippen LogP contribution in [0.3, 0.4) is 0 Å². The number of fused-ring (bicyclic) bond motifs is 1. The molecule has 5 rings (SSSR count). The van der Waals surface area contributed by atoms with Gasteiger partial charge in [-0.15, -0.1) is 11.3 Å². The van der Waals surface area contributed by atoms with E-state index in [1.54, 1.807) is 40.0 Å². The first-order valence-electron chi connectivity index (χ1n) is 11.4. The molecule has 178 valence electrons. The first-order valence-corrected chi connectivity index (χ1v) is 12.6. The van der Waals surface area contributed by atoms with Crippen LogP contribution in [-0.4, -0.2) is 32.0 Å². The standard InChI is InChI=1S/C27H25ClN4O2S/c1-18-7-5-8-19(13-18)15-29-26(34)27(2)17-32-23(14-22(30-32)24-11-6-12-35-24)25(33)31(27)16-20-9-3-4-10-21(20)28/h3-14H,15-17H2,1-2H3,(H,29,34)/t27-/m0/s1. The molecule has 2 amide bonds. The Kier molecular flexibility index (Phi) is 6.21. The van der Waals surface area contributed by atoms with Crippen LogP contribution in [0.1, 0.15) is 34.1 Å². The molecule has 8 heteroatoms. The average molecular weight is 505 g/mol. The predicted molar refractivity (Wildman–Crippen MR) is 138 cm³/mol. The smallest absolute Gasteiger partial charge is 0.273 e. The van der Waals surface area contributed by atoms with Gasteiger partial charge in [-0.2, -0.15) is 5.10 Å². The highest BCUT2D eigenvalue weighted by Crippen LogP contribution is 2.33. The van der Waals surface area contributed by atoms with E-state index in [4.69, 9.17) is 11.6 Å². The van der Waals surface area contributed by atoms with E-state index in [1.165, 1.54) is 0 Å². The number of carbonyl (C=O) groups is 2. The molecule has 2 aromatic heterocycles. The summed E-state index contributed by atoms with van der Waals surface area (Å²) in [5, 5.41) is 10.3. The van der Waals surface area contributed by atoms with E-state index >= 15 is 0 Å². The van der Waals surface area contributed by atoms with E-state index < -0.39 is 5.54 Å². The summed E-state index contributed by atoms with van der Waals surface area (Å²) >= 11 is 8.00. The molecule has 0 spiro atoms. The summed E-state index contributed by atoms with van der Waals surface area (Å²) in [5.41, 5.74) is 2.94. The van der Waals surface area contributed by atoms with Crippen LogP contribution in [0.5, 0.6) is 0 Å². The molecule has 0 unspecified atom stereocenters. The normalized spacial score (nSPS) is 17.3. The molecule has 0 saturated heterocycles. The number of rotatable bonds is 6.